The Hall–Kier alpha value is -2.98. The van der Waals surface area contributed by atoms with Crippen molar-refractivity contribution >= 4 is 39.1 Å². The van der Waals surface area contributed by atoms with Gasteiger partial charge in [-0.3, -0.25) is 4.79 Å². The highest BCUT2D eigenvalue weighted by atomic mass is 32.1. The third-order valence-corrected chi connectivity index (χ3v) is 5.37. The van der Waals surface area contributed by atoms with Gasteiger partial charge >= 0.3 is 12.1 Å². The van der Waals surface area contributed by atoms with Crippen molar-refractivity contribution < 1.29 is 27.9 Å². The minimum absolute atomic E-state index is 0.0592. The van der Waals surface area contributed by atoms with Gasteiger partial charge in [-0.1, -0.05) is 12.1 Å². The molecule has 30 heavy (non-hydrogen) atoms. The second kappa shape index (κ2) is 8.80. The van der Waals surface area contributed by atoms with E-state index >= 15 is 0 Å². The van der Waals surface area contributed by atoms with Crippen molar-refractivity contribution in [3.05, 3.63) is 47.5 Å². The van der Waals surface area contributed by atoms with E-state index < -0.39 is 12.1 Å². The number of para-hydroxylation sites is 1. The van der Waals surface area contributed by atoms with Crippen LogP contribution >= 0.6 is 11.3 Å². The fourth-order valence-corrected chi connectivity index (χ4v) is 3.99. The summed E-state index contributed by atoms with van der Waals surface area (Å²) in [5.74, 6) is -2.82. The third kappa shape index (κ3) is 5.14. The van der Waals surface area contributed by atoms with Gasteiger partial charge in [0.25, 0.3) is 0 Å². The highest BCUT2D eigenvalue weighted by molar-refractivity contribution is 7.21. The maximum absolute atomic E-state index is 11.6. The molecule has 3 N–H and O–H groups in total. The van der Waals surface area contributed by atoms with Crippen LogP contribution in [0.25, 0.3) is 20.8 Å². The maximum Gasteiger partial charge on any atom is 0.490 e. The molecule has 2 heterocycles. The molecule has 0 saturated heterocycles. The van der Waals surface area contributed by atoms with E-state index in [2.05, 4.69) is 28.8 Å². The molecule has 4 rings (SSSR count). The van der Waals surface area contributed by atoms with E-state index in [0.29, 0.717) is 0 Å². The number of amides is 1. The molecule has 158 valence electrons. The van der Waals surface area contributed by atoms with Gasteiger partial charge in [0.05, 0.1) is 15.9 Å². The number of nitrogens with zero attached hydrogens (tertiary/aromatic N) is 1. The van der Waals surface area contributed by atoms with Crippen molar-refractivity contribution in [2.24, 2.45) is 0 Å². The van der Waals surface area contributed by atoms with Crippen molar-refractivity contribution in [2.75, 3.05) is 11.9 Å². The van der Waals surface area contributed by atoms with E-state index in [-0.39, 0.29) is 5.91 Å². The number of nitrogens with one attached hydrogen (secondary N) is 2. The molecule has 2 aromatic carbocycles. The number of hydrogen-bond acceptors (Lipinski definition) is 5. The first-order chi connectivity index (χ1) is 14.1. The summed E-state index contributed by atoms with van der Waals surface area (Å²) < 4.78 is 32.9. The zero-order valence-corrected chi connectivity index (χ0v) is 16.7. The zero-order chi connectivity index (χ0) is 21.9. The van der Waals surface area contributed by atoms with Crippen LogP contribution < -0.4 is 10.6 Å². The molecule has 6 nitrogen and oxygen atoms in total. The van der Waals surface area contributed by atoms with Crippen LogP contribution in [-0.4, -0.2) is 34.7 Å². The van der Waals surface area contributed by atoms with Crippen LogP contribution in [0.1, 0.15) is 18.1 Å². The number of carboxylic acids is 1. The minimum Gasteiger partial charge on any atom is -0.475 e. The number of anilines is 1. The lowest BCUT2D eigenvalue weighted by atomic mass is 9.97. The van der Waals surface area contributed by atoms with E-state index in [9.17, 15) is 18.0 Å². The van der Waals surface area contributed by atoms with Crippen molar-refractivity contribution in [1.82, 2.24) is 10.3 Å². The number of hydrogen-bond donors (Lipinski definition) is 3. The van der Waals surface area contributed by atoms with Gasteiger partial charge in [-0.2, -0.15) is 13.2 Å². The van der Waals surface area contributed by atoms with Crippen molar-refractivity contribution in [3.63, 3.8) is 0 Å². The number of benzene rings is 2. The molecule has 0 atom stereocenters. The number of halogens is 3. The molecule has 0 fully saturated rings. The number of carboxylic acid groups (broad SMARTS) is 1. The Morgan fingerprint density at radius 3 is 2.53 bits per heavy atom. The molecule has 1 aliphatic rings. The predicted octanol–water partition coefficient (Wildman–Crippen LogP) is 4.20. The summed E-state index contributed by atoms with van der Waals surface area (Å²) in [4.78, 5) is 25.2. The van der Waals surface area contributed by atoms with Crippen LogP contribution in [0.3, 0.4) is 0 Å². The first-order valence-corrected chi connectivity index (χ1v) is 9.77. The molecule has 1 amide bonds. The highest BCUT2D eigenvalue weighted by Crippen LogP contribution is 2.37. The lowest BCUT2D eigenvalue weighted by molar-refractivity contribution is -0.192. The van der Waals surface area contributed by atoms with Gasteiger partial charge in [-0.05, 0) is 48.4 Å². The van der Waals surface area contributed by atoms with Gasteiger partial charge in [-0.15, -0.1) is 11.3 Å². The summed E-state index contributed by atoms with van der Waals surface area (Å²) in [6, 6.07) is 12.4. The van der Waals surface area contributed by atoms with Crippen LogP contribution in [0, 0.1) is 0 Å². The predicted molar refractivity (Wildman–Crippen MR) is 108 cm³/mol. The molecule has 3 aromatic rings. The second-order valence-electron chi connectivity index (χ2n) is 6.56. The summed E-state index contributed by atoms with van der Waals surface area (Å²) in [6.45, 7) is 3.38. The molecule has 0 saturated carbocycles. The van der Waals surface area contributed by atoms with Crippen molar-refractivity contribution in [2.45, 2.75) is 26.1 Å². The molecule has 0 spiro atoms. The molecular formula is C20H18F3N3O3S. The summed E-state index contributed by atoms with van der Waals surface area (Å²) in [7, 11) is 0. The topological polar surface area (TPSA) is 91.3 Å². The van der Waals surface area contributed by atoms with Crippen LogP contribution in [0.5, 0.6) is 0 Å². The van der Waals surface area contributed by atoms with E-state index in [0.717, 1.165) is 46.0 Å². The number of fused-ring (bicyclic) bond motifs is 2. The number of carbonyl (C=O) groups excluding carboxylic acids is 1. The average molecular weight is 437 g/mol. The Labute approximate surface area is 173 Å². The fourth-order valence-electron chi connectivity index (χ4n) is 2.99. The van der Waals surface area contributed by atoms with Crippen molar-refractivity contribution in [1.29, 1.82) is 0 Å². The maximum atomic E-state index is 11.6. The SMILES string of the molecule is CC(=O)Nc1cc2c(cc1-c1nc3ccccc3s1)CCNC2.O=C(O)C(F)(F)F. The van der Waals surface area contributed by atoms with Crippen LogP contribution in [0.4, 0.5) is 18.9 Å². The molecular weight excluding hydrogens is 419 g/mol. The lowest BCUT2D eigenvalue weighted by Crippen LogP contribution is -2.24. The van der Waals surface area contributed by atoms with Crippen LogP contribution in [-0.2, 0) is 22.6 Å². The van der Waals surface area contributed by atoms with E-state index in [1.54, 1.807) is 18.3 Å². The second-order valence-corrected chi connectivity index (χ2v) is 7.59. The minimum atomic E-state index is -5.08. The first kappa shape index (κ1) is 21.7. The normalized spacial score (nSPS) is 13.2. The Bertz CT molecular complexity index is 1060. The smallest absolute Gasteiger partial charge is 0.475 e. The summed E-state index contributed by atoms with van der Waals surface area (Å²) >= 11 is 1.66. The molecule has 0 unspecified atom stereocenters. The lowest BCUT2D eigenvalue weighted by Gasteiger charge is -2.20. The molecule has 0 radical (unpaired) electrons. The first-order valence-electron chi connectivity index (χ1n) is 8.95. The van der Waals surface area contributed by atoms with E-state index in [1.165, 1.54) is 11.1 Å². The van der Waals surface area contributed by atoms with Gasteiger partial charge in [0.1, 0.15) is 5.01 Å². The highest BCUT2D eigenvalue weighted by Gasteiger charge is 2.38. The molecule has 0 bridgehead atoms. The number of aromatic nitrogens is 1. The van der Waals surface area contributed by atoms with Gasteiger partial charge < -0.3 is 15.7 Å². The van der Waals surface area contributed by atoms with Crippen LogP contribution in [0.2, 0.25) is 0 Å². The largest absolute Gasteiger partial charge is 0.490 e. The van der Waals surface area contributed by atoms with Gasteiger partial charge in [-0.25, -0.2) is 9.78 Å². The Balaban J connectivity index is 0.000000318. The number of thiazole rings is 1. The third-order valence-electron chi connectivity index (χ3n) is 4.30. The average Bonchev–Trinajstić information content (AvgIpc) is 3.10. The number of aliphatic carboxylic acids is 1. The summed E-state index contributed by atoms with van der Waals surface area (Å²) in [5.41, 5.74) is 5.46. The summed E-state index contributed by atoms with van der Waals surface area (Å²) in [6.07, 6.45) is -4.08. The standard InChI is InChI=1S/C18H17N3OS.C2HF3O2/c1-11(22)20-16-9-13-10-19-7-6-12(13)8-14(16)18-21-15-4-2-3-5-17(15)23-18;3-2(4,5)1(6)7/h2-5,8-9,19H,6-7,10H2,1H3,(H,20,22);(H,6,7). The number of rotatable bonds is 2. The van der Waals surface area contributed by atoms with Crippen molar-refractivity contribution in [3.8, 4) is 10.6 Å². The number of alkyl halides is 3. The van der Waals surface area contributed by atoms with E-state index in [4.69, 9.17) is 14.9 Å². The quantitative estimate of drug-likeness (QED) is 0.559. The number of carbonyl (C=O) groups is 2. The molecule has 10 heteroatoms. The summed E-state index contributed by atoms with van der Waals surface area (Å²) in [5, 5.41) is 14.4. The van der Waals surface area contributed by atoms with E-state index in [1.807, 2.05) is 18.2 Å². The monoisotopic (exact) mass is 437 g/mol. The molecule has 1 aliphatic heterocycles. The zero-order valence-electron chi connectivity index (χ0n) is 15.8. The Kier molecular flexibility index (Phi) is 6.37. The van der Waals surface area contributed by atoms with Crippen LogP contribution in [0.15, 0.2) is 36.4 Å². The van der Waals surface area contributed by atoms with Gasteiger partial charge in [0.2, 0.25) is 5.91 Å². The fraction of sp³-hybridized carbons (Fsp3) is 0.250. The molecule has 0 aliphatic carbocycles. The molecule has 1 aromatic heterocycles. The van der Waals surface area contributed by atoms with Gasteiger partial charge in [0, 0.05) is 19.0 Å². The van der Waals surface area contributed by atoms with Gasteiger partial charge in [0.15, 0.2) is 0 Å². The Morgan fingerprint density at radius 1 is 1.20 bits per heavy atom. The Morgan fingerprint density at radius 2 is 1.90 bits per heavy atom.